The van der Waals surface area contributed by atoms with Crippen LogP contribution in [0, 0.1) is 5.92 Å². The number of phenolic OH excluding ortho intramolecular Hbond substituents is 2. The zero-order chi connectivity index (χ0) is 34.9. The fourth-order valence-electron chi connectivity index (χ4n) is 7.36. The number of nitrogens with zero attached hydrogens (tertiary/aromatic N) is 1. The quantitative estimate of drug-likeness (QED) is 0.112. The van der Waals surface area contributed by atoms with Crippen molar-refractivity contribution in [3.63, 3.8) is 0 Å². The van der Waals surface area contributed by atoms with E-state index < -0.39 is 6.04 Å². The number of unbranched alkanes of at least 4 members (excludes halogenated alkanes) is 10. The Hall–Kier alpha value is -4.65. The number of phenols is 2. The molecule has 1 fully saturated rings. The first kappa shape index (κ1) is 35.2. The van der Waals surface area contributed by atoms with Gasteiger partial charge in [-0.05, 0) is 59.5 Å². The van der Waals surface area contributed by atoms with Crippen molar-refractivity contribution in [2.45, 2.75) is 103 Å². The standard InChI is InChI=1S/C43H51N3O4/c1-2-3-4-5-6-7-8-9-10-11-12-13-34-28-37(41(34)49)32-18-14-30(15-19-32)27-39-43(50)46-29-40(33-20-24-36(48)25-21-33)44-38(42(46)45-39)26-31-16-22-35(47)23-17-31/h14-25,28,34,39,45,47-48H,2-13,26-27,29H2,1H3/p+1. The molecule has 2 aliphatic heterocycles. The van der Waals surface area contributed by atoms with Crippen LogP contribution in [0.2, 0.25) is 0 Å². The number of carbonyl (C=O) groups is 2. The van der Waals surface area contributed by atoms with Crippen LogP contribution in [0.1, 0.15) is 106 Å². The predicted octanol–water partition coefficient (Wildman–Crippen LogP) is 6.72. The molecule has 0 bridgehead atoms. The molecule has 7 nitrogen and oxygen atoms in total. The van der Waals surface area contributed by atoms with Gasteiger partial charge in [0.05, 0.1) is 6.42 Å². The van der Waals surface area contributed by atoms with E-state index in [1.807, 2.05) is 48.5 Å². The maximum Gasteiger partial charge on any atom is 0.251 e. The molecule has 3 aliphatic rings. The zero-order valence-electron chi connectivity index (χ0n) is 29.4. The van der Waals surface area contributed by atoms with Gasteiger partial charge in [0.25, 0.3) is 5.91 Å². The lowest BCUT2D eigenvalue weighted by molar-refractivity contribution is -0.406. The lowest BCUT2D eigenvalue weighted by atomic mass is 9.78. The average molecular weight is 675 g/mol. The van der Waals surface area contributed by atoms with Crippen LogP contribution in [0.4, 0.5) is 0 Å². The summed E-state index contributed by atoms with van der Waals surface area (Å²) in [4.78, 5) is 32.2. The van der Waals surface area contributed by atoms with E-state index in [0.29, 0.717) is 19.4 Å². The molecular weight excluding hydrogens is 622 g/mol. The minimum Gasteiger partial charge on any atom is -0.508 e. The second-order valence-electron chi connectivity index (χ2n) is 14.2. The molecule has 2 atom stereocenters. The molecule has 262 valence electrons. The monoisotopic (exact) mass is 674 g/mol. The van der Waals surface area contributed by atoms with Crippen LogP contribution in [0.5, 0.6) is 11.5 Å². The lowest BCUT2D eigenvalue weighted by Crippen LogP contribution is -2.76. The Morgan fingerprint density at radius 2 is 1.28 bits per heavy atom. The molecule has 7 heteroatoms. The van der Waals surface area contributed by atoms with Crippen molar-refractivity contribution in [3.05, 3.63) is 113 Å². The van der Waals surface area contributed by atoms with Crippen molar-refractivity contribution < 1.29 is 24.8 Å². The van der Waals surface area contributed by atoms with Gasteiger partial charge in [0.2, 0.25) is 11.4 Å². The first-order valence-corrected chi connectivity index (χ1v) is 18.8. The molecule has 0 saturated carbocycles. The molecule has 2 heterocycles. The first-order valence-electron chi connectivity index (χ1n) is 18.8. The van der Waals surface area contributed by atoms with Gasteiger partial charge in [0, 0.05) is 23.5 Å². The fourth-order valence-corrected chi connectivity index (χ4v) is 7.36. The van der Waals surface area contributed by atoms with Crippen molar-refractivity contribution in [1.29, 1.82) is 0 Å². The third-order valence-electron chi connectivity index (χ3n) is 10.4. The second kappa shape index (κ2) is 16.8. The Kier molecular flexibility index (Phi) is 11.9. The summed E-state index contributed by atoms with van der Waals surface area (Å²) in [6, 6.07) is 21.7. The van der Waals surface area contributed by atoms with Crippen molar-refractivity contribution in [3.8, 4) is 11.5 Å². The van der Waals surface area contributed by atoms with Gasteiger partial charge in [0.1, 0.15) is 24.1 Å². The summed E-state index contributed by atoms with van der Waals surface area (Å²) < 4.78 is 0. The van der Waals surface area contributed by atoms with Gasteiger partial charge >= 0.3 is 0 Å². The highest BCUT2D eigenvalue weighted by molar-refractivity contribution is 6.28. The fraction of sp³-hybridized carbons (Fsp3) is 0.419. The maximum absolute atomic E-state index is 13.8. The second-order valence-corrected chi connectivity index (χ2v) is 14.2. The maximum atomic E-state index is 13.8. The van der Waals surface area contributed by atoms with Crippen LogP contribution in [0.25, 0.3) is 5.57 Å². The number of fused-ring (bicyclic) bond motifs is 1. The van der Waals surface area contributed by atoms with E-state index in [2.05, 4.69) is 23.3 Å². The molecule has 4 N–H and O–H groups in total. The predicted molar refractivity (Wildman–Crippen MR) is 198 cm³/mol. The lowest BCUT2D eigenvalue weighted by Gasteiger charge is -2.24. The van der Waals surface area contributed by atoms with Crippen LogP contribution in [0.3, 0.4) is 0 Å². The molecule has 6 rings (SSSR count). The highest BCUT2D eigenvalue weighted by Gasteiger charge is 2.42. The Labute approximate surface area is 296 Å². The molecule has 50 heavy (non-hydrogen) atoms. The Morgan fingerprint density at radius 1 is 0.720 bits per heavy atom. The molecule has 3 aromatic carbocycles. The summed E-state index contributed by atoms with van der Waals surface area (Å²) in [5.74, 6) is 1.48. The number of hydrogen-bond acceptors (Lipinski definition) is 5. The van der Waals surface area contributed by atoms with Gasteiger partial charge in [0.15, 0.2) is 11.6 Å². The molecule has 3 aromatic rings. The summed E-state index contributed by atoms with van der Waals surface area (Å²) in [5.41, 5.74) is 6.45. The smallest absolute Gasteiger partial charge is 0.251 e. The van der Waals surface area contributed by atoms with Gasteiger partial charge in [-0.1, -0.05) is 120 Å². The number of amides is 1. The molecule has 1 amide bonds. The zero-order valence-corrected chi connectivity index (χ0v) is 29.4. The summed E-state index contributed by atoms with van der Waals surface area (Å²) in [7, 11) is 0. The van der Waals surface area contributed by atoms with Gasteiger partial charge < -0.3 is 15.5 Å². The number of hydrogen-bond donors (Lipinski definition) is 4. The highest BCUT2D eigenvalue weighted by Crippen LogP contribution is 2.34. The van der Waals surface area contributed by atoms with Crippen molar-refractivity contribution in [2.75, 3.05) is 6.54 Å². The number of allylic oxidation sites excluding steroid dienone is 3. The van der Waals surface area contributed by atoms with E-state index in [1.54, 1.807) is 29.2 Å². The molecule has 0 spiro atoms. The van der Waals surface area contributed by atoms with E-state index in [0.717, 1.165) is 57.9 Å². The average Bonchev–Trinajstić information content (AvgIpc) is 3.44. The summed E-state index contributed by atoms with van der Waals surface area (Å²) in [6.45, 7) is 2.65. The van der Waals surface area contributed by atoms with Gasteiger partial charge in [-0.15, -0.1) is 0 Å². The van der Waals surface area contributed by atoms with Crippen molar-refractivity contribution in [1.82, 2.24) is 10.2 Å². The Bertz CT molecular complexity index is 1720. The van der Waals surface area contributed by atoms with Crippen LogP contribution < -0.4 is 10.3 Å². The number of ketones is 1. The molecule has 0 radical (unpaired) electrons. The van der Waals surface area contributed by atoms with Crippen molar-refractivity contribution >= 4 is 23.0 Å². The van der Waals surface area contributed by atoms with Crippen LogP contribution in [0.15, 0.2) is 90.4 Å². The number of benzene rings is 3. The minimum atomic E-state index is -0.425. The van der Waals surface area contributed by atoms with Crippen molar-refractivity contribution in [2.24, 2.45) is 5.92 Å². The van der Waals surface area contributed by atoms with Gasteiger partial charge in [-0.25, -0.2) is 4.99 Å². The number of carbonyl (C=O) groups excluding carboxylic acids is 2. The topological polar surface area (TPSA) is 104 Å². The third-order valence-corrected chi connectivity index (χ3v) is 10.4. The van der Waals surface area contributed by atoms with Crippen LogP contribution in [-0.2, 0) is 22.4 Å². The molecule has 2 unspecified atom stereocenters. The van der Waals surface area contributed by atoms with E-state index >= 15 is 0 Å². The number of aromatic hydroxyl groups is 2. The molecule has 0 aromatic heterocycles. The number of Topliss-reactive ketones (excluding diaryl/α,β-unsaturated/α-hetero) is 1. The van der Waals surface area contributed by atoms with E-state index in [1.165, 1.54) is 64.2 Å². The van der Waals surface area contributed by atoms with E-state index in [-0.39, 0.29) is 29.1 Å². The summed E-state index contributed by atoms with van der Waals surface area (Å²) in [5, 5.41) is 23.1. The Morgan fingerprint density at radius 3 is 1.90 bits per heavy atom. The third kappa shape index (κ3) is 8.73. The summed E-state index contributed by atoms with van der Waals surface area (Å²) >= 11 is 0. The minimum absolute atomic E-state index is 0.00666. The largest absolute Gasteiger partial charge is 0.508 e. The number of nitrogens with one attached hydrogen (secondary N) is 2. The highest BCUT2D eigenvalue weighted by atomic mass is 16.3. The van der Waals surface area contributed by atoms with E-state index in [4.69, 9.17) is 0 Å². The SMILES string of the molecule is CCCCCCCCCCCCCC1C=C(c2ccc(CC3NC4=C(Cc5ccc(O)cc5)[NH+]=C(c5ccc(O)cc5)CN4C3=O)cc2)C1=O. The number of rotatable bonds is 18. The van der Waals surface area contributed by atoms with E-state index in [9.17, 15) is 19.8 Å². The molecular formula is C43H52N3O4+. The van der Waals surface area contributed by atoms with Crippen LogP contribution >= 0.6 is 0 Å². The molecule has 1 saturated heterocycles. The first-order chi connectivity index (χ1) is 24.4. The Balaban J connectivity index is 1.02. The van der Waals surface area contributed by atoms with Gasteiger partial charge in [-0.3, -0.25) is 14.5 Å². The normalized spacial score (nSPS) is 18.5. The van der Waals surface area contributed by atoms with Gasteiger partial charge in [-0.2, -0.15) is 0 Å². The van der Waals surface area contributed by atoms with Crippen LogP contribution in [-0.4, -0.2) is 45.1 Å². The summed E-state index contributed by atoms with van der Waals surface area (Å²) in [6.07, 6.45) is 18.6. The molecule has 1 aliphatic carbocycles.